The van der Waals surface area contributed by atoms with E-state index in [1.165, 1.54) is 0 Å². The van der Waals surface area contributed by atoms with Crippen molar-refractivity contribution >= 4 is 5.97 Å². The van der Waals surface area contributed by atoms with E-state index < -0.39 is 5.60 Å². The second-order valence-corrected chi connectivity index (χ2v) is 7.26. The third-order valence-corrected chi connectivity index (χ3v) is 4.96. The number of esters is 1. The molecule has 0 heterocycles. The molecule has 5 heteroatoms. The summed E-state index contributed by atoms with van der Waals surface area (Å²) in [5.41, 5.74) is -0.205. The zero-order valence-corrected chi connectivity index (χ0v) is 15.8. The fourth-order valence-electron chi connectivity index (χ4n) is 3.72. The average molecular weight is 349 g/mol. The maximum atomic E-state index is 11.9. The number of hydrogen-bond acceptors (Lipinski definition) is 5. The zero-order chi connectivity index (χ0) is 18.4. The molecule has 0 amide bonds. The molecule has 1 aromatic carbocycles. The van der Waals surface area contributed by atoms with E-state index in [0.717, 1.165) is 37.1 Å². The minimum Gasteiger partial charge on any atom is -0.497 e. The summed E-state index contributed by atoms with van der Waals surface area (Å²) in [6.07, 6.45) is 2.99. The summed E-state index contributed by atoms with van der Waals surface area (Å²) in [5, 5.41) is 11.6. The van der Waals surface area contributed by atoms with Crippen molar-refractivity contribution in [3.63, 3.8) is 0 Å². The largest absolute Gasteiger partial charge is 0.497 e. The maximum absolute atomic E-state index is 11.9. The highest BCUT2D eigenvalue weighted by molar-refractivity contribution is 5.69. The van der Waals surface area contributed by atoms with E-state index in [-0.39, 0.29) is 18.0 Å². The van der Waals surface area contributed by atoms with Crippen molar-refractivity contribution in [1.82, 2.24) is 4.90 Å². The molecule has 0 aliphatic heterocycles. The second-order valence-electron chi connectivity index (χ2n) is 7.26. The summed E-state index contributed by atoms with van der Waals surface area (Å²) in [4.78, 5) is 14.0. The smallest absolute Gasteiger partial charge is 0.306 e. The minimum atomic E-state index is -1.03. The molecule has 3 unspecified atom stereocenters. The molecule has 1 fully saturated rings. The van der Waals surface area contributed by atoms with Gasteiger partial charge in [0.25, 0.3) is 0 Å². The maximum Gasteiger partial charge on any atom is 0.306 e. The highest BCUT2D eigenvalue weighted by Gasteiger charge is 2.45. The normalized spacial score (nSPS) is 26.5. The van der Waals surface area contributed by atoms with E-state index in [2.05, 4.69) is 4.90 Å². The summed E-state index contributed by atoms with van der Waals surface area (Å²) in [6, 6.07) is 7.58. The van der Waals surface area contributed by atoms with Crippen molar-refractivity contribution in [2.75, 3.05) is 27.7 Å². The minimum absolute atomic E-state index is 0.0794. The first-order valence-corrected chi connectivity index (χ1v) is 9.10. The number of methoxy groups -OCH3 is 1. The topological polar surface area (TPSA) is 59.0 Å². The number of carbonyl (C=O) groups excluding carboxylic acids is 1. The Kier molecular flexibility index (Phi) is 6.85. The van der Waals surface area contributed by atoms with Gasteiger partial charge in [-0.2, -0.15) is 0 Å². The van der Waals surface area contributed by atoms with Gasteiger partial charge in [-0.15, -0.1) is 0 Å². The van der Waals surface area contributed by atoms with Gasteiger partial charge in [0.1, 0.15) is 11.9 Å². The Labute approximate surface area is 150 Å². The first-order valence-electron chi connectivity index (χ1n) is 9.10. The molecule has 0 aromatic heterocycles. The Balaban J connectivity index is 2.26. The van der Waals surface area contributed by atoms with Crippen LogP contribution in [0.3, 0.4) is 0 Å². The van der Waals surface area contributed by atoms with E-state index in [9.17, 15) is 9.90 Å². The van der Waals surface area contributed by atoms with Crippen LogP contribution >= 0.6 is 0 Å². The van der Waals surface area contributed by atoms with E-state index in [0.29, 0.717) is 12.8 Å². The fraction of sp³-hybridized carbons (Fsp3) is 0.650. The molecular formula is C20H31NO4. The molecule has 0 spiro atoms. The molecule has 1 aliphatic rings. The number of benzene rings is 1. The van der Waals surface area contributed by atoms with Gasteiger partial charge in [0.05, 0.1) is 12.7 Å². The SMILES string of the molecule is CCCC(=O)OC1CCC(CN(C)C)C(O)(c2cccc(OC)c2)C1. The number of carbonyl (C=O) groups is 1. The molecule has 25 heavy (non-hydrogen) atoms. The van der Waals surface area contributed by atoms with Gasteiger partial charge in [0.2, 0.25) is 0 Å². The van der Waals surface area contributed by atoms with Crippen LogP contribution in [-0.2, 0) is 15.1 Å². The second kappa shape index (κ2) is 8.68. The summed E-state index contributed by atoms with van der Waals surface area (Å²) < 4.78 is 10.9. The first-order chi connectivity index (χ1) is 11.9. The number of aliphatic hydroxyl groups is 1. The molecule has 0 saturated heterocycles. The van der Waals surface area contributed by atoms with Crippen LogP contribution in [0.4, 0.5) is 0 Å². The van der Waals surface area contributed by atoms with Gasteiger partial charge in [-0.1, -0.05) is 19.1 Å². The van der Waals surface area contributed by atoms with Crippen LogP contribution in [0.15, 0.2) is 24.3 Å². The van der Waals surface area contributed by atoms with E-state index >= 15 is 0 Å². The lowest BCUT2D eigenvalue weighted by Crippen LogP contribution is -2.47. The monoisotopic (exact) mass is 349 g/mol. The third-order valence-electron chi connectivity index (χ3n) is 4.96. The van der Waals surface area contributed by atoms with Crippen molar-refractivity contribution < 1.29 is 19.4 Å². The van der Waals surface area contributed by atoms with Gasteiger partial charge >= 0.3 is 5.97 Å². The molecule has 0 bridgehead atoms. The Morgan fingerprint density at radius 1 is 1.36 bits per heavy atom. The highest BCUT2D eigenvalue weighted by atomic mass is 16.5. The standard InChI is InChI=1S/C20H31NO4/c1-5-7-19(22)25-18-11-10-16(14-21(2)3)20(23,13-18)15-8-6-9-17(12-15)24-4/h6,8-9,12,16,18,23H,5,7,10-11,13-14H2,1-4H3. The van der Waals surface area contributed by atoms with Crippen LogP contribution in [-0.4, -0.2) is 49.8 Å². The van der Waals surface area contributed by atoms with E-state index in [1.54, 1.807) is 7.11 Å². The predicted octanol–water partition coefficient (Wildman–Crippen LogP) is 2.96. The first kappa shape index (κ1) is 19.7. The number of hydrogen-bond donors (Lipinski definition) is 1. The number of rotatable bonds is 7. The van der Waals surface area contributed by atoms with E-state index in [4.69, 9.17) is 9.47 Å². The van der Waals surface area contributed by atoms with Crippen molar-refractivity contribution in [2.45, 2.75) is 50.7 Å². The Hall–Kier alpha value is -1.59. The lowest BCUT2D eigenvalue weighted by molar-refractivity contribution is -0.161. The Morgan fingerprint density at radius 3 is 2.76 bits per heavy atom. The predicted molar refractivity (Wildman–Crippen MR) is 97.6 cm³/mol. The van der Waals surface area contributed by atoms with Gasteiger partial charge in [-0.3, -0.25) is 4.79 Å². The number of nitrogens with zero attached hydrogens (tertiary/aromatic N) is 1. The lowest BCUT2D eigenvalue weighted by atomic mass is 9.70. The number of ether oxygens (including phenoxy) is 2. The zero-order valence-electron chi connectivity index (χ0n) is 15.8. The summed E-state index contributed by atoms with van der Waals surface area (Å²) in [5.74, 6) is 0.627. The average Bonchev–Trinajstić information content (AvgIpc) is 2.57. The van der Waals surface area contributed by atoms with Crippen LogP contribution in [0.2, 0.25) is 0 Å². The molecule has 140 valence electrons. The molecule has 0 radical (unpaired) electrons. The van der Waals surface area contributed by atoms with Crippen LogP contribution in [0.25, 0.3) is 0 Å². The van der Waals surface area contributed by atoms with Gasteiger partial charge < -0.3 is 19.5 Å². The quantitative estimate of drug-likeness (QED) is 0.767. The van der Waals surface area contributed by atoms with Gasteiger partial charge in [0, 0.05) is 25.3 Å². The molecule has 1 aromatic rings. The van der Waals surface area contributed by atoms with Crippen LogP contribution in [0.5, 0.6) is 5.75 Å². The van der Waals surface area contributed by atoms with Gasteiger partial charge in [0.15, 0.2) is 0 Å². The van der Waals surface area contributed by atoms with Crippen LogP contribution in [0.1, 0.15) is 44.6 Å². The van der Waals surface area contributed by atoms with Crippen LogP contribution in [0, 0.1) is 5.92 Å². The lowest BCUT2D eigenvalue weighted by Gasteiger charge is -2.44. The fourth-order valence-corrected chi connectivity index (χ4v) is 3.72. The molecule has 5 nitrogen and oxygen atoms in total. The van der Waals surface area contributed by atoms with Crippen LogP contribution < -0.4 is 4.74 Å². The molecule has 3 atom stereocenters. The molecular weight excluding hydrogens is 318 g/mol. The van der Waals surface area contributed by atoms with Crippen molar-refractivity contribution in [1.29, 1.82) is 0 Å². The molecule has 1 N–H and O–H groups in total. The van der Waals surface area contributed by atoms with Crippen molar-refractivity contribution in [3.05, 3.63) is 29.8 Å². The Bertz CT molecular complexity index is 575. The van der Waals surface area contributed by atoms with Crippen molar-refractivity contribution in [3.8, 4) is 5.75 Å². The van der Waals surface area contributed by atoms with Crippen molar-refractivity contribution in [2.24, 2.45) is 5.92 Å². The highest BCUT2D eigenvalue weighted by Crippen LogP contribution is 2.43. The summed E-state index contributed by atoms with van der Waals surface area (Å²) >= 11 is 0. The molecule has 1 saturated carbocycles. The third kappa shape index (κ3) is 4.95. The summed E-state index contributed by atoms with van der Waals surface area (Å²) in [6.45, 7) is 2.74. The van der Waals surface area contributed by atoms with E-state index in [1.807, 2.05) is 45.3 Å². The van der Waals surface area contributed by atoms with Gasteiger partial charge in [-0.05, 0) is 51.1 Å². The molecule has 1 aliphatic carbocycles. The van der Waals surface area contributed by atoms with Gasteiger partial charge in [-0.25, -0.2) is 0 Å². The summed E-state index contributed by atoms with van der Waals surface area (Å²) in [7, 11) is 5.65. The molecule has 2 rings (SSSR count). The Morgan fingerprint density at radius 2 is 2.12 bits per heavy atom.